The van der Waals surface area contributed by atoms with Gasteiger partial charge >= 0.3 is 0 Å². The van der Waals surface area contributed by atoms with Crippen molar-refractivity contribution in [3.8, 4) is 0 Å². The second-order valence-electron chi connectivity index (χ2n) is 8.49. The Kier molecular flexibility index (Phi) is 6.95. The zero-order chi connectivity index (χ0) is 22.3. The Balaban J connectivity index is 1.49. The fourth-order valence-electron chi connectivity index (χ4n) is 4.39. The first-order valence-corrected chi connectivity index (χ1v) is 11.2. The van der Waals surface area contributed by atoms with Gasteiger partial charge in [0.05, 0.1) is 18.4 Å². The molecule has 0 spiro atoms. The molecule has 2 amide bonds. The molecule has 0 unspecified atom stereocenters. The summed E-state index contributed by atoms with van der Waals surface area (Å²) in [5, 5.41) is 3.02. The van der Waals surface area contributed by atoms with Crippen LogP contribution in [-0.2, 0) is 22.6 Å². The summed E-state index contributed by atoms with van der Waals surface area (Å²) in [6.07, 6.45) is 5.34. The van der Waals surface area contributed by atoms with E-state index in [9.17, 15) is 9.59 Å². The molecule has 5 heteroatoms. The van der Waals surface area contributed by atoms with Gasteiger partial charge in [-0.25, -0.2) is 0 Å². The fraction of sp³-hybridized carbons (Fsp3) is 0.296. The monoisotopic (exact) mass is 427 g/mol. The maximum Gasteiger partial charge on any atom is 0.227 e. The fourth-order valence-corrected chi connectivity index (χ4v) is 4.39. The first-order valence-electron chi connectivity index (χ1n) is 11.2. The summed E-state index contributed by atoms with van der Waals surface area (Å²) < 4.78 is 0. The average molecular weight is 428 g/mol. The third kappa shape index (κ3) is 5.41. The average Bonchev–Trinajstić information content (AvgIpc) is 2.83. The van der Waals surface area contributed by atoms with Crippen LogP contribution in [0.3, 0.4) is 0 Å². The molecule has 1 N–H and O–H groups in total. The number of nitrogens with zero attached hydrogens (tertiary/aromatic N) is 2. The lowest BCUT2D eigenvalue weighted by molar-refractivity contribution is -0.138. The number of piperidine rings is 1. The molecule has 1 saturated heterocycles. The molecule has 1 aliphatic heterocycles. The molecule has 1 aromatic heterocycles. The SMILES string of the molecule is Cc1cccc([C@H]2CC[C@@H](C(=O)NCc3cccnc3)CN2C(=O)Cc2ccccc2)c1. The largest absolute Gasteiger partial charge is 0.352 e. The van der Waals surface area contributed by atoms with Crippen LogP contribution in [0.1, 0.15) is 41.1 Å². The predicted octanol–water partition coefficient (Wildman–Crippen LogP) is 4.23. The summed E-state index contributed by atoms with van der Waals surface area (Å²) in [4.78, 5) is 32.3. The van der Waals surface area contributed by atoms with E-state index in [0.29, 0.717) is 19.5 Å². The highest BCUT2D eigenvalue weighted by Crippen LogP contribution is 2.34. The molecule has 0 saturated carbocycles. The van der Waals surface area contributed by atoms with Gasteiger partial charge in [-0.1, -0.05) is 66.2 Å². The summed E-state index contributed by atoms with van der Waals surface area (Å²) in [6.45, 7) is 2.95. The van der Waals surface area contributed by atoms with Gasteiger partial charge in [0.25, 0.3) is 0 Å². The highest BCUT2D eigenvalue weighted by Gasteiger charge is 2.35. The van der Waals surface area contributed by atoms with Gasteiger partial charge in [0, 0.05) is 25.5 Å². The highest BCUT2D eigenvalue weighted by atomic mass is 16.2. The van der Waals surface area contributed by atoms with E-state index in [1.54, 1.807) is 12.4 Å². The van der Waals surface area contributed by atoms with E-state index in [2.05, 4.69) is 35.4 Å². The van der Waals surface area contributed by atoms with Gasteiger partial charge < -0.3 is 10.2 Å². The number of carbonyl (C=O) groups excluding carboxylic acids is 2. The Morgan fingerprint density at radius 1 is 1.00 bits per heavy atom. The minimum absolute atomic E-state index is 0.00550. The lowest BCUT2D eigenvalue weighted by Gasteiger charge is -2.39. The lowest BCUT2D eigenvalue weighted by atomic mass is 9.87. The highest BCUT2D eigenvalue weighted by molar-refractivity contribution is 5.82. The minimum Gasteiger partial charge on any atom is -0.352 e. The number of pyridine rings is 1. The van der Waals surface area contributed by atoms with E-state index in [0.717, 1.165) is 29.5 Å². The maximum atomic E-state index is 13.4. The first kappa shape index (κ1) is 21.8. The van der Waals surface area contributed by atoms with Crippen LogP contribution in [0.5, 0.6) is 0 Å². The molecule has 3 aromatic rings. The molecule has 1 fully saturated rings. The van der Waals surface area contributed by atoms with Crippen molar-refractivity contribution in [2.75, 3.05) is 6.54 Å². The number of nitrogens with one attached hydrogen (secondary N) is 1. The van der Waals surface area contributed by atoms with Crippen molar-refractivity contribution >= 4 is 11.8 Å². The van der Waals surface area contributed by atoms with Crippen LogP contribution in [0.25, 0.3) is 0 Å². The van der Waals surface area contributed by atoms with Crippen molar-refractivity contribution in [2.45, 2.75) is 38.8 Å². The Bertz CT molecular complexity index is 1050. The number of benzene rings is 2. The third-order valence-corrected chi connectivity index (χ3v) is 6.09. The number of likely N-dealkylation sites (tertiary alicyclic amines) is 1. The van der Waals surface area contributed by atoms with Crippen molar-refractivity contribution in [3.63, 3.8) is 0 Å². The molecule has 0 aliphatic carbocycles. The van der Waals surface area contributed by atoms with Crippen molar-refractivity contribution in [1.82, 2.24) is 15.2 Å². The van der Waals surface area contributed by atoms with Crippen molar-refractivity contribution in [3.05, 3.63) is 101 Å². The molecule has 2 atom stereocenters. The third-order valence-electron chi connectivity index (χ3n) is 6.09. The van der Waals surface area contributed by atoms with Gasteiger partial charge in [-0.2, -0.15) is 0 Å². The molecular formula is C27H29N3O2. The van der Waals surface area contributed by atoms with Crippen LogP contribution in [0.4, 0.5) is 0 Å². The molecule has 1 aliphatic rings. The van der Waals surface area contributed by atoms with Gasteiger partial charge in [0.15, 0.2) is 0 Å². The Labute approximate surface area is 189 Å². The number of hydrogen-bond acceptors (Lipinski definition) is 3. The van der Waals surface area contributed by atoms with Crippen molar-refractivity contribution in [2.24, 2.45) is 5.92 Å². The van der Waals surface area contributed by atoms with E-state index in [1.165, 1.54) is 5.56 Å². The van der Waals surface area contributed by atoms with Gasteiger partial charge in [-0.05, 0) is 42.5 Å². The Hall–Kier alpha value is -3.47. The molecule has 32 heavy (non-hydrogen) atoms. The summed E-state index contributed by atoms with van der Waals surface area (Å²) in [6, 6.07) is 21.9. The van der Waals surface area contributed by atoms with E-state index in [-0.39, 0.29) is 23.8 Å². The van der Waals surface area contributed by atoms with E-state index >= 15 is 0 Å². The molecule has 0 radical (unpaired) electrons. The van der Waals surface area contributed by atoms with Crippen LogP contribution < -0.4 is 5.32 Å². The van der Waals surface area contributed by atoms with Crippen LogP contribution in [-0.4, -0.2) is 28.2 Å². The van der Waals surface area contributed by atoms with Crippen LogP contribution in [0, 0.1) is 12.8 Å². The van der Waals surface area contributed by atoms with E-state index < -0.39 is 0 Å². The van der Waals surface area contributed by atoms with E-state index in [4.69, 9.17) is 0 Å². The number of rotatable bonds is 6. The lowest BCUT2D eigenvalue weighted by Crippen LogP contribution is -2.47. The van der Waals surface area contributed by atoms with Crippen molar-refractivity contribution < 1.29 is 9.59 Å². The zero-order valence-corrected chi connectivity index (χ0v) is 18.4. The molecule has 2 aromatic carbocycles. The minimum atomic E-state index is -0.215. The van der Waals surface area contributed by atoms with Gasteiger partial charge in [-0.3, -0.25) is 14.6 Å². The second kappa shape index (κ2) is 10.2. The predicted molar refractivity (Wildman–Crippen MR) is 125 cm³/mol. The van der Waals surface area contributed by atoms with Gasteiger partial charge in [0.1, 0.15) is 0 Å². The van der Waals surface area contributed by atoms with Crippen LogP contribution >= 0.6 is 0 Å². The summed E-state index contributed by atoms with van der Waals surface area (Å²) in [5.41, 5.74) is 4.27. The Morgan fingerprint density at radius 2 is 1.81 bits per heavy atom. The standard InChI is InChI=1S/C27H29N3O2/c1-20-7-5-11-23(15-20)25-13-12-24(27(32)29-18-22-10-6-14-28-17-22)19-30(25)26(31)16-21-8-3-2-4-9-21/h2-11,14-15,17,24-25H,12-13,16,18-19H2,1H3,(H,29,32)/t24-,25-/m1/s1. The number of aromatic nitrogens is 1. The number of aryl methyl sites for hydroxylation is 1. The summed E-state index contributed by atoms with van der Waals surface area (Å²) in [5.74, 6) is -0.158. The summed E-state index contributed by atoms with van der Waals surface area (Å²) >= 11 is 0. The van der Waals surface area contributed by atoms with Gasteiger partial charge in [-0.15, -0.1) is 0 Å². The number of hydrogen-bond donors (Lipinski definition) is 1. The topological polar surface area (TPSA) is 62.3 Å². The number of carbonyl (C=O) groups is 2. The maximum absolute atomic E-state index is 13.4. The Morgan fingerprint density at radius 3 is 2.56 bits per heavy atom. The molecule has 4 rings (SSSR count). The smallest absolute Gasteiger partial charge is 0.227 e. The van der Waals surface area contributed by atoms with Gasteiger partial charge in [0.2, 0.25) is 11.8 Å². The van der Waals surface area contributed by atoms with Crippen LogP contribution in [0.15, 0.2) is 79.1 Å². The molecular weight excluding hydrogens is 398 g/mol. The van der Waals surface area contributed by atoms with Crippen molar-refractivity contribution in [1.29, 1.82) is 0 Å². The number of amides is 2. The molecule has 164 valence electrons. The quantitative estimate of drug-likeness (QED) is 0.640. The van der Waals surface area contributed by atoms with E-state index in [1.807, 2.05) is 53.4 Å². The molecule has 2 heterocycles. The summed E-state index contributed by atoms with van der Waals surface area (Å²) in [7, 11) is 0. The molecule has 0 bridgehead atoms. The zero-order valence-electron chi connectivity index (χ0n) is 18.4. The molecule has 5 nitrogen and oxygen atoms in total. The normalized spacial score (nSPS) is 18.2. The second-order valence-corrected chi connectivity index (χ2v) is 8.49. The first-order chi connectivity index (χ1) is 15.6. The van der Waals surface area contributed by atoms with Crippen LogP contribution in [0.2, 0.25) is 0 Å².